The second-order valence-electron chi connectivity index (χ2n) is 4.27. The Labute approximate surface area is 100 Å². The standard InChI is InChI=1S/C11H18N4O2/c1-4-7-6-8(5-2)15-10(12-7)9(13-14-15)11(16)17-3/h7-8,12H,4-6H2,1-3H3. The van der Waals surface area contributed by atoms with Gasteiger partial charge in [0.15, 0.2) is 5.82 Å². The molecule has 1 N–H and O–H groups in total. The van der Waals surface area contributed by atoms with Crippen molar-refractivity contribution in [2.75, 3.05) is 12.4 Å². The van der Waals surface area contributed by atoms with Gasteiger partial charge in [0.05, 0.1) is 13.2 Å². The van der Waals surface area contributed by atoms with Crippen LogP contribution in [-0.2, 0) is 4.74 Å². The van der Waals surface area contributed by atoms with E-state index in [1.54, 1.807) is 4.68 Å². The highest BCUT2D eigenvalue weighted by Crippen LogP contribution is 2.31. The van der Waals surface area contributed by atoms with E-state index in [9.17, 15) is 4.79 Å². The summed E-state index contributed by atoms with van der Waals surface area (Å²) >= 11 is 0. The molecule has 0 saturated heterocycles. The van der Waals surface area contributed by atoms with Crippen molar-refractivity contribution in [1.82, 2.24) is 15.0 Å². The summed E-state index contributed by atoms with van der Waals surface area (Å²) in [5.74, 6) is 0.257. The number of fused-ring (bicyclic) bond motifs is 1. The molecule has 1 aliphatic heterocycles. The fourth-order valence-electron chi connectivity index (χ4n) is 2.21. The number of methoxy groups -OCH3 is 1. The van der Waals surface area contributed by atoms with E-state index in [0.717, 1.165) is 19.3 Å². The number of carbonyl (C=O) groups excluding carboxylic acids is 1. The number of ether oxygens (including phenoxy) is 1. The van der Waals surface area contributed by atoms with E-state index in [1.165, 1.54) is 7.11 Å². The van der Waals surface area contributed by atoms with Crippen LogP contribution in [0.3, 0.4) is 0 Å². The summed E-state index contributed by atoms with van der Waals surface area (Å²) in [6.45, 7) is 4.24. The minimum atomic E-state index is -0.439. The van der Waals surface area contributed by atoms with Gasteiger partial charge in [-0.25, -0.2) is 9.48 Å². The van der Waals surface area contributed by atoms with Crippen LogP contribution in [0.1, 0.15) is 49.6 Å². The predicted molar refractivity (Wildman–Crippen MR) is 63.0 cm³/mol. The fraction of sp³-hybridized carbons (Fsp3) is 0.727. The van der Waals surface area contributed by atoms with Gasteiger partial charge in [-0.05, 0) is 19.3 Å². The van der Waals surface area contributed by atoms with Crippen molar-refractivity contribution in [2.45, 2.75) is 45.2 Å². The Morgan fingerprint density at radius 2 is 2.29 bits per heavy atom. The molecule has 2 rings (SSSR count). The van der Waals surface area contributed by atoms with E-state index in [0.29, 0.717) is 17.9 Å². The molecule has 6 heteroatoms. The third-order valence-corrected chi connectivity index (χ3v) is 3.28. The third-order valence-electron chi connectivity index (χ3n) is 3.28. The fourth-order valence-corrected chi connectivity index (χ4v) is 2.21. The monoisotopic (exact) mass is 238 g/mol. The minimum Gasteiger partial charge on any atom is -0.464 e. The van der Waals surface area contributed by atoms with Crippen LogP contribution < -0.4 is 5.32 Å². The number of carbonyl (C=O) groups is 1. The van der Waals surface area contributed by atoms with Gasteiger partial charge in [0.2, 0.25) is 5.69 Å². The summed E-state index contributed by atoms with van der Waals surface area (Å²) in [7, 11) is 1.35. The molecule has 2 atom stereocenters. The summed E-state index contributed by atoms with van der Waals surface area (Å²) in [6.07, 6.45) is 3.02. The molecule has 0 spiro atoms. The van der Waals surface area contributed by atoms with Crippen LogP contribution in [0.15, 0.2) is 0 Å². The highest BCUT2D eigenvalue weighted by molar-refractivity contribution is 5.92. The third kappa shape index (κ3) is 1.99. The van der Waals surface area contributed by atoms with Crippen molar-refractivity contribution in [3.63, 3.8) is 0 Å². The van der Waals surface area contributed by atoms with Crippen molar-refractivity contribution in [1.29, 1.82) is 0 Å². The lowest BCUT2D eigenvalue weighted by Crippen LogP contribution is -2.32. The highest BCUT2D eigenvalue weighted by Gasteiger charge is 2.30. The summed E-state index contributed by atoms with van der Waals surface area (Å²) < 4.78 is 6.51. The molecule has 0 saturated carbocycles. The maximum atomic E-state index is 11.6. The van der Waals surface area contributed by atoms with E-state index in [2.05, 4.69) is 29.5 Å². The molecule has 1 aromatic rings. The lowest BCUT2D eigenvalue weighted by Gasteiger charge is -2.30. The van der Waals surface area contributed by atoms with Crippen molar-refractivity contribution < 1.29 is 9.53 Å². The molecule has 0 aromatic carbocycles. The maximum absolute atomic E-state index is 11.6. The average Bonchev–Trinajstić information content (AvgIpc) is 2.80. The summed E-state index contributed by atoms with van der Waals surface area (Å²) in [5, 5.41) is 11.3. The molecular formula is C11H18N4O2. The number of hydrogen-bond acceptors (Lipinski definition) is 5. The molecule has 0 bridgehead atoms. The molecule has 94 valence electrons. The number of nitrogens with zero attached hydrogens (tertiary/aromatic N) is 3. The van der Waals surface area contributed by atoms with Crippen molar-refractivity contribution in [3.05, 3.63) is 5.69 Å². The molecular weight excluding hydrogens is 220 g/mol. The van der Waals surface area contributed by atoms with Crippen LogP contribution in [0.2, 0.25) is 0 Å². The zero-order valence-corrected chi connectivity index (χ0v) is 10.4. The zero-order valence-electron chi connectivity index (χ0n) is 10.4. The topological polar surface area (TPSA) is 69.0 Å². The van der Waals surface area contributed by atoms with E-state index in [-0.39, 0.29) is 5.69 Å². The zero-order chi connectivity index (χ0) is 12.4. The second-order valence-corrected chi connectivity index (χ2v) is 4.27. The van der Waals surface area contributed by atoms with Gasteiger partial charge in [0.1, 0.15) is 0 Å². The quantitative estimate of drug-likeness (QED) is 0.810. The van der Waals surface area contributed by atoms with Gasteiger partial charge in [0.25, 0.3) is 0 Å². The predicted octanol–water partition coefficient (Wildman–Crippen LogP) is 1.61. The van der Waals surface area contributed by atoms with Crippen molar-refractivity contribution in [2.24, 2.45) is 0 Å². The Kier molecular flexibility index (Phi) is 3.31. The molecule has 17 heavy (non-hydrogen) atoms. The van der Waals surface area contributed by atoms with E-state index in [1.807, 2.05) is 0 Å². The summed E-state index contributed by atoms with van der Waals surface area (Å²) in [5.41, 5.74) is 0.282. The maximum Gasteiger partial charge on any atom is 0.362 e. The van der Waals surface area contributed by atoms with Gasteiger partial charge in [-0.2, -0.15) is 0 Å². The second kappa shape index (κ2) is 4.73. The van der Waals surface area contributed by atoms with Crippen LogP contribution in [0, 0.1) is 0 Å². The Bertz CT molecular complexity index is 416. The number of esters is 1. The van der Waals surface area contributed by atoms with Crippen LogP contribution in [-0.4, -0.2) is 34.1 Å². The van der Waals surface area contributed by atoms with Gasteiger partial charge in [-0.1, -0.05) is 19.1 Å². The average molecular weight is 238 g/mol. The molecule has 1 aliphatic rings. The van der Waals surface area contributed by atoms with Crippen LogP contribution in [0.4, 0.5) is 5.82 Å². The first kappa shape index (κ1) is 11.9. The summed E-state index contributed by atoms with van der Waals surface area (Å²) in [6, 6.07) is 0.677. The normalized spacial score (nSPS) is 22.8. The lowest BCUT2D eigenvalue weighted by atomic mass is 10.0. The van der Waals surface area contributed by atoms with E-state index >= 15 is 0 Å². The van der Waals surface area contributed by atoms with Gasteiger partial charge >= 0.3 is 5.97 Å². The van der Waals surface area contributed by atoms with E-state index in [4.69, 9.17) is 4.74 Å². The molecule has 0 amide bonds. The smallest absolute Gasteiger partial charge is 0.362 e. The first-order valence-electron chi connectivity index (χ1n) is 6.01. The van der Waals surface area contributed by atoms with Gasteiger partial charge < -0.3 is 10.1 Å². The number of rotatable bonds is 3. The molecule has 0 radical (unpaired) electrons. The van der Waals surface area contributed by atoms with Gasteiger partial charge in [0, 0.05) is 6.04 Å². The number of nitrogens with one attached hydrogen (secondary N) is 1. The first-order valence-corrected chi connectivity index (χ1v) is 6.01. The Hall–Kier alpha value is -1.59. The largest absolute Gasteiger partial charge is 0.464 e. The molecule has 1 aromatic heterocycles. The SMILES string of the molecule is CCC1CC(CC)n2nnc(C(=O)OC)c2N1. The molecule has 0 fully saturated rings. The molecule has 2 unspecified atom stereocenters. The molecule has 0 aliphatic carbocycles. The Balaban J connectivity index is 2.37. The van der Waals surface area contributed by atoms with Crippen LogP contribution in [0.5, 0.6) is 0 Å². The number of anilines is 1. The van der Waals surface area contributed by atoms with E-state index < -0.39 is 5.97 Å². The number of aromatic nitrogens is 3. The molecule has 6 nitrogen and oxygen atoms in total. The van der Waals surface area contributed by atoms with Crippen molar-refractivity contribution >= 4 is 11.8 Å². The van der Waals surface area contributed by atoms with Gasteiger partial charge in [-0.3, -0.25) is 0 Å². The number of hydrogen-bond donors (Lipinski definition) is 1. The van der Waals surface area contributed by atoms with Gasteiger partial charge in [-0.15, -0.1) is 5.10 Å². The lowest BCUT2D eigenvalue weighted by molar-refractivity contribution is 0.0595. The first-order chi connectivity index (χ1) is 8.21. The Morgan fingerprint density at radius 1 is 1.53 bits per heavy atom. The van der Waals surface area contributed by atoms with Crippen LogP contribution >= 0.6 is 0 Å². The summed E-state index contributed by atoms with van der Waals surface area (Å²) in [4.78, 5) is 11.6. The van der Waals surface area contributed by atoms with Crippen LogP contribution in [0.25, 0.3) is 0 Å². The Morgan fingerprint density at radius 3 is 2.88 bits per heavy atom. The van der Waals surface area contributed by atoms with Crippen molar-refractivity contribution in [3.8, 4) is 0 Å². The highest BCUT2D eigenvalue weighted by atomic mass is 16.5. The molecule has 2 heterocycles. The minimum absolute atomic E-state index is 0.282.